The number of aliphatic hydroxyl groups is 3. The maximum Gasteiger partial charge on any atom is 0.408 e. The minimum atomic E-state index is -2.42. The highest BCUT2D eigenvalue weighted by atomic mass is 16.6. The predicted octanol–water partition coefficient (Wildman–Crippen LogP) is 3.82. The van der Waals surface area contributed by atoms with Crippen molar-refractivity contribution in [2.24, 2.45) is 22.7 Å². The molecule has 1 heterocycles. The first-order valence-corrected chi connectivity index (χ1v) is 21.3. The summed E-state index contributed by atoms with van der Waals surface area (Å²) < 4.78 is 41.4. The summed E-state index contributed by atoms with van der Waals surface area (Å²) in [5, 5.41) is 40.0. The van der Waals surface area contributed by atoms with E-state index in [0.717, 1.165) is 6.92 Å². The molecule has 17 heteroatoms. The molecule has 1 aliphatic heterocycles. The van der Waals surface area contributed by atoms with Crippen molar-refractivity contribution >= 4 is 35.8 Å². The molecule has 346 valence electrons. The molecule has 11 atom stereocenters. The highest BCUT2D eigenvalue weighted by molar-refractivity contribution is 5.96. The molecule has 4 N–H and O–H groups in total. The van der Waals surface area contributed by atoms with Crippen LogP contribution in [0.5, 0.6) is 5.75 Å². The molecule has 4 fully saturated rings. The molecular weight excluding hydrogens is 822 g/mol. The van der Waals surface area contributed by atoms with Crippen LogP contribution in [-0.4, -0.2) is 124 Å². The molecule has 1 saturated heterocycles. The lowest BCUT2D eigenvalue weighted by Crippen LogP contribution is -2.82. The van der Waals surface area contributed by atoms with Gasteiger partial charge in [-0.2, -0.15) is 0 Å². The van der Waals surface area contributed by atoms with Gasteiger partial charge in [-0.25, -0.2) is 14.4 Å². The van der Waals surface area contributed by atoms with E-state index < -0.39 is 124 Å². The van der Waals surface area contributed by atoms with E-state index in [0.29, 0.717) is 24.2 Å². The summed E-state index contributed by atoms with van der Waals surface area (Å²) in [6.45, 7) is 15.2. The third-order valence-corrected chi connectivity index (χ3v) is 13.4. The summed E-state index contributed by atoms with van der Waals surface area (Å²) in [4.78, 5) is 84.0. The van der Waals surface area contributed by atoms with Crippen molar-refractivity contribution in [2.75, 3.05) is 13.7 Å². The molecule has 0 spiro atoms. The Hall–Kier alpha value is -4.84. The Morgan fingerprint density at radius 2 is 1.68 bits per heavy atom. The molecular formula is C46H61NO16. The summed E-state index contributed by atoms with van der Waals surface area (Å²) in [5.74, 6) is -6.36. The van der Waals surface area contributed by atoms with Gasteiger partial charge in [0.2, 0.25) is 0 Å². The molecule has 2 bridgehead atoms. The third kappa shape index (κ3) is 8.61. The minimum Gasteiger partial charge on any atom is -0.497 e. The fraction of sp³-hybridized carbons (Fsp3) is 0.652. The number of hydrogen-bond acceptors (Lipinski definition) is 16. The van der Waals surface area contributed by atoms with Crippen molar-refractivity contribution in [3.8, 4) is 5.75 Å². The molecule has 3 saturated carbocycles. The monoisotopic (exact) mass is 883 g/mol. The van der Waals surface area contributed by atoms with E-state index in [1.165, 1.54) is 39.2 Å². The van der Waals surface area contributed by atoms with Gasteiger partial charge < -0.3 is 53.8 Å². The van der Waals surface area contributed by atoms with Gasteiger partial charge in [0.25, 0.3) is 0 Å². The number of allylic oxidation sites excluding steroid dienone is 1. The van der Waals surface area contributed by atoms with Crippen molar-refractivity contribution in [1.29, 1.82) is 0 Å². The van der Waals surface area contributed by atoms with Crippen LogP contribution in [0.3, 0.4) is 0 Å². The molecule has 0 aromatic heterocycles. The van der Waals surface area contributed by atoms with Gasteiger partial charge in [0.1, 0.15) is 35.3 Å². The van der Waals surface area contributed by atoms with Crippen molar-refractivity contribution in [2.45, 2.75) is 154 Å². The number of rotatable bonds is 11. The van der Waals surface area contributed by atoms with Crippen molar-refractivity contribution < 1.29 is 77.2 Å². The predicted molar refractivity (Wildman–Crippen MR) is 221 cm³/mol. The normalized spacial score (nSPS) is 33.0. The van der Waals surface area contributed by atoms with Crippen LogP contribution >= 0.6 is 0 Å². The van der Waals surface area contributed by atoms with E-state index in [9.17, 15) is 39.3 Å². The van der Waals surface area contributed by atoms with E-state index in [-0.39, 0.29) is 29.7 Å². The summed E-state index contributed by atoms with van der Waals surface area (Å²) in [5.41, 5.74) is -8.08. The molecule has 6 rings (SSSR count). The number of nitrogens with one attached hydrogen (secondary N) is 1. The molecule has 17 nitrogen and oxygen atoms in total. The number of hydrogen-bond donors (Lipinski definition) is 4. The number of aliphatic hydroxyl groups excluding tert-OH is 2. The van der Waals surface area contributed by atoms with Gasteiger partial charge in [-0.15, -0.1) is 0 Å². The highest BCUT2D eigenvalue weighted by Gasteiger charge is 2.78. The molecule has 4 aliphatic carbocycles. The molecule has 63 heavy (non-hydrogen) atoms. The summed E-state index contributed by atoms with van der Waals surface area (Å²) in [6.07, 6.45) is -9.07. The Bertz CT molecular complexity index is 2100. The average molecular weight is 884 g/mol. The first kappa shape index (κ1) is 47.6. The van der Waals surface area contributed by atoms with Gasteiger partial charge in [-0.3, -0.25) is 14.4 Å². The molecule has 0 unspecified atom stereocenters. The van der Waals surface area contributed by atoms with Gasteiger partial charge in [0.15, 0.2) is 23.6 Å². The van der Waals surface area contributed by atoms with Crippen LogP contribution in [0.1, 0.15) is 105 Å². The zero-order chi connectivity index (χ0) is 46.8. The third-order valence-electron chi connectivity index (χ3n) is 13.4. The second kappa shape index (κ2) is 16.9. The van der Waals surface area contributed by atoms with Crippen LogP contribution in [0.25, 0.3) is 0 Å². The lowest BCUT2D eigenvalue weighted by molar-refractivity contribution is -0.346. The van der Waals surface area contributed by atoms with Crippen LogP contribution in [-0.2, 0) is 47.6 Å². The molecule has 5 aliphatic rings. The number of carbonyl (C=O) groups excluding carboxylic acids is 6. The number of Topliss-reactive ketones (excluding diaryl/α,β-unsaturated/α-hetero) is 1. The molecule has 0 radical (unpaired) electrons. The number of fused-ring (bicyclic) bond motifs is 5. The fourth-order valence-corrected chi connectivity index (χ4v) is 9.93. The van der Waals surface area contributed by atoms with E-state index >= 15 is 4.79 Å². The number of carbonyl (C=O) groups is 6. The number of ketones is 1. The second-order valence-corrected chi connectivity index (χ2v) is 19.5. The quantitative estimate of drug-likeness (QED) is 0.140. The zero-order valence-corrected chi connectivity index (χ0v) is 37.8. The maximum absolute atomic E-state index is 15.7. The van der Waals surface area contributed by atoms with Gasteiger partial charge in [-0.05, 0) is 90.7 Å². The Labute approximate surface area is 366 Å². The van der Waals surface area contributed by atoms with Crippen LogP contribution in [0.2, 0.25) is 0 Å². The van der Waals surface area contributed by atoms with Crippen LogP contribution in [0.4, 0.5) is 4.79 Å². The van der Waals surface area contributed by atoms with Crippen molar-refractivity contribution in [1.82, 2.24) is 5.32 Å². The number of esters is 4. The number of alkyl carbamates (subject to hydrolysis) is 1. The molecule has 1 amide bonds. The Morgan fingerprint density at radius 3 is 2.24 bits per heavy atom. The number of amides is 1. The lowest BCUT2D eigenvalue weighted by atomic mass is 9.44. The second-order valence-electron chi connectivity index (χ2n) is 19.5. The topological polar surface area (TPSA) is 240 Å². The first-order valence-electron chi connectivity index (χ1n) is 21.3. The number of benzene rings is 1. The summed E-state index contributed by atoms with van der Waals surface area (Å²) >= 11 is 0. The van der Waals surface area contributed by atoms with E-state index in [2.05, 4.69) is 5.32 Å². The number of ether oxygens (including phenoxy) is 7. The first-order chi connectivity index (χ1) is 29.2. The lowest BCUT2D eigenvalue weighted by Gasteiger charge is -2.67. The van der Waals surface area contributed by atoms with Crippen LogP contribution in [0.15, 0.2) is 47.1 Å². The molecule has 1 aromatic carbocycles. The average Bonchev–Trinajstić information content (AvgIpc) is 4.03. The van der Waals surface area contributed by atoms with Gasteiger partial charge in [0.05, 0.1) is 48.7 Å². The standard InChI is InChI=1S/C46H61NO16/c1-22(2)17-28(47-41(55)63-42(5,6)7)33(50)40(54)59-29-20-46(56)37(61-39(53)26-13-12-14-27(18-26)57-11)35-44(10,30(49)19-31-45(35,21-58-31)62-24(4)48)36(51)34(60-38(52)25-15-16-25)32(23(29)3)43(46,8)9/h12-14,17-18,25,28-31,33-35,37,49-50,56H,15-16,19-21H2,1-11H3,(H,47,55)/t28-,29-,30-,31+,33+,34+,35-,37-,44+,45-,46+/m0/s1. The zero-order valence-electron chi connectivity index (χ0n) is 37.8. The summed E-state index contributed by atoms with van der Waals surface area (Å²) in [7, 11) is 1.41. The SMILES string of the molecule is COc1cccc(C(=O)O[C@H]2[C@@H]3[C@]4(OC(C)=O)CO[C@@H]4C[C@H](O)[C@@]3(C)C(=O)[C@H](OC(=O)C3CC3)C3=C(C)[C@@H](OC(=O)[C@H](O)[C@H](C=C(C)C)NC(=O)OC(C)(C)C)C[C@]2(O)C3(C)C)c1. The largest absolute Gasteiger partial charge is 0.497 e. The molecule has 1 aromatic rings. The van der Waals surface area contributed by atoms with Crippen molar-refractivity contribution in [3.63, 3.8) is 0 Å². The smallest absolute Gasteiger partial charge is 0.408 e. The van der Waals surface area contributed by atoms with E-state index in [1.54, 1.807) is 60.6 Å². The van der Waals surface area contributed by atoms with Gasteiger partial charge in [0, 0.05) is 25.2 Å². The highest BCUT2D eigenvalue weighted by Crippen LogP contribution is 2.64. The van der Waals surface area contributed by atoms with Gasteiger partial charge in [-0.1, -0.05) is 31.6 Å². The number of methoxy groups -OCH3 is 1. The Kier molecular flexibility index (Phi) is 12.8. The summed E-state index contributed by atoms with van der Waals surface area (Å²) in [6, 6.07) is 4.65. The fourth-order valence-electron chi connectivity index (χ4n) is 9.93. The van der Waals surface area contributed by atoms with Crippen LogP contribution in [0, 0.1) is 22.7 Å². The van der Waals surface area contributed by atoms with E-state index in [4.69, 9.17) is 33.2 Å². The van der Waals surface area contributed by atoms with Crippen LogP contribution < -0.4 is 10.1 Å². The Morgan fingerprint density at radius 1 is 1.02 bits per heavy atom. The minimum absolute atomic E-state index is 0.0121. The Balaban J connectivity index is 1.56. The maximum atomic E-state index is 15.7. The van der Waals surface area contributed by atoms with E-state index in [1.807, 2.05) is 0 Å². The van der Waals surface area contributed by atoms with Crippen molar-refractivity contribution in [3.05, 3.63) is 52.6 Å². The van der Waals surface area contributed by atoms with Gasteiger partial charge >= 0.3 is 30.0 Å².